The molecule has 2 aromatic rings. The van der Waals surface area contributed by atoms with Crippen LogP contribution in [0.5, 0.6) is 17.2 Å². The topological polar surface area (TPSA) is 71.1 Å². The molecule has 0 atom stereocenters. The van der Waals surface area contributed by atoms with Gasteiger partial charge in [-0.05, 0) is 18.9 Å². The Kier molecular flexibility index (Phi) is 5.64. The van der Waals surface area contributed by atoms with E-state index in [2.05, 4.69) is 0 Å². The first-order chi connectivity index (χ1) is 12.6. The fourth-order valence-electron chi connectivity index (χ4n) is 2.78. The SMILES string of the molecule is CCCC(=O)Oc1c2c(c(OC(=O)CCC)c3c(Cl)cccc13)COO2. The number of carbonyl (C=O) groups excluding carboxylic acids is 2. The Bertz CT molecular complexity index is 861. The highest BCUT2D eigenvalue weighted by Gasteiger charge is 2.31. The van der Waals surface area contributed by atoms with Crippen LogP contribution in [0.15, 0.2) is 18.2 Å². The van der Waals surface area contributed by atoms with Gasteiger partial charge in [-0.15, -0.1) is 0 Å². The summed E-state index contributed by atoms with van der Waals surface area (Å²) in [5.41, 5.74) is 0.495. The summed E-state index contributed by atoms with van der Waals surface area (Å²) in [5, 5.41) is 1.39. The molecule has 7 heteroatoms. The number of esters is 2. The summed E-state index contributed by atoms with van der Waals surface area (Å²) in [4.78, 5) is 34.4. The minimum atomic E-state index is -0.387. The number of halogens is 1. The lowest BCUT2D eigenvalue weighted by Crippen LogP contribution is -2.11. The summed E-state index contributed by atoms with van der Waals surface area (Å²) in [7, 11) is 0. The van der Waals surface area contributed by atoms with Crippen LogP contribution < -0.4 is 14.4 Å². The summed E-state index contributed by atoms with van der Waals surface area (Å²) in [6, 6.07) is 5.14. The van der Waals surface area contributed by atoms with Crippen molar-refractivity contribution in [2.75, 3.05) is 0 Å². The van der Waals surface area contributed by atoms with Crippen molar-refractivity contribution in [3.05, 3.63) is 28.8 Å². The molecule has 0 saturated carbocycles. The molecule has 1 aliphatic rings. The van der Waals surface area contributed by atoms with Crippen LogP contribution in [-0.4, -0.2) is 11.9 Å². The molecule has 0 bridgehead atoms. The van der Waals surface area contributed by atoms with Crippen LogP contribution in [0.2, 0.25) is 5.02 Å². The summed E-state index contributed by atoms with van der Waals surface area (Å²) >= 11 is 6.38. The van der Waals surface area contributed by atoms with Crippen molar-refractivity contribution in [3.8, 4) is 17.2 Å². The molecule has 3 rings (SSSR count). The Hall–Kier alpha value is -2.31. The van der Waals surface area contributed by atoms with Gasteiger partial charge in [-0.25, -0.2) is 0 Å². The Morgan fingerprint density at radius 3 is 2.38 bits per heavy atom. The second-order valence-electron chi connectivity index (χ2n) is 5.92. The van der Waals surface area contributed by atoms with Gasteiger partial charge in [0, 0.05) is 23.6 Å². The van der Waals surface area contributed by atoms with E-state index < -0.39 is 0 Å². The van der Waals surface area contributed by atoms with E-state index in [0.717, 1.165) is 0 Å². The first kappa shape index (κ1) is 18.5. The van der Waals surface area contributed by atoms with Gasteiger partial charge in [0.15, 0.2) is 5.75 Å². The lowest BCUT2D eigenvalue weighted by Gasteiger charge is -2.16. The first-order valence-corrected chi connectivity index (χ1v) is 8.92. The normalized spacial score (nSPS) is 12.6. The molecule has 6 nitrogen and oxygen atoms in total. The third kappa shape index (κ3) is 3.48. The Balaban J connectivity index is 2.20. The molecule has 0 unspecified atom stereocenters. The highest BCUT2D eigenvalue weighted by molar-refractivity contribution is 6.36. The second-order valence-corrected chi connectivity index (χ2v) is 6.33. The van der Waals surface area contributed by atoms with E-state index in [1.165, 1.54) is 0 Å². The molecule has 0 amide bonds. The predicted octanol–water partition coefficient (Wildman–Crippen LogP) is 4.73. The van der Waals surface area contributed by atoms with Crippen molar-refractivity contribution in [1.82, 2.24) is 0 Å². The van der Waals surface area contributed by atoms with Gasteiger partial charge in [0.2, 0.25) is 5.75 Å². The van der Waals surface area contributed by atoms with Crippen LogP contribution in [0, 0.1) is 0 Å². The molecular weight excluding hydrogens is 360 g/mol. The standard InChI is InChI=1S/C19H19ClO6/c1-3-6-14(21)24-17-12-10-23-26-19(12)18(25-15(22)7-4-2)11-8-5-9-13(20)16(11)17/h5,8-9H,3-4,6-7,10H2,1-2H3. The van der Waals surface area contributed by atoms with Crippen molar-refractivity contribution in [2.24, 2.45) is 0 Å². The summed E-state index contributed by atoms with van der Waals surface area (Å²) in [5.74, 6) is -0.0140. The maximum Gasteiger partial charge on any atom is 0.311 e. The third-order valence-electron chi connectivity index (χ3n) is 3.93. The minimum Gasteiger partial charge on any atom is -0.425 e. The Morgan fingerprint density at radius 1 is 1.08 bits per heavy atom. The second kappa shape index (κ2) is 7.93. The molecule has 0 N–H and O–H groups in total. The van der Waals surface area contributed by atoms with Gasteiger partial charge < -0.3 is 14.4 Å². The van der Waals surface area contributed by atoms with Crippen LogP contribution >= 0.6 is 11.6 Å². The number of carbonyl (C=O) groups is 2. The summed E-state index contributed by atoms with van der Waals surface area (Å²) in [6.45, 7) is 3.83. The van der Waals surface area contributed by atoms with E-state index >= 15 is 0 Å². The molecule has 0 aliphatic carbocycles. The van der Waals surface area contributed by atoms with E-state index in [9.17, 15) is 9.59 Å². The average molecular weight is 379 g/mol. The molecule has 26 heavy (non-hydrogen) atoms. The van der Waals surface area contributed by atoms with Crippen molar-refractivity contribution in [3.63, 3.8) is 0 Å². The molecule has 0 aromatic heterocycles. The van der Waals surface area contributed by atoms with Crippen molar-refractivity contribution in [2.45, 2.75) is 46.1 Å². The molecule has 0 saturated heterocycles. The maximum absolute atomic E-state index is 12.1. The van der Waals surface area contributed by atoms with Crippen molar-refractivity contribution >= 4 is 34.3 Å². The maximum atomic E-state index is 12.1. The van der Waals surface area contributed by atoms with E-state index in [4.69, 9.17) is 30.8 Å². The molecular formula is C19H19ClO6. The van der Waals surface area contributed by atoms with Crippen LogP contribution in [0.25, 0.3) is 10.8 Å². The molecule has 1 aliphatic heterocycles. The number of rotatable bonds is 6. The van der Waals surface area contributed by atoms with E-state index in [0.29, 0.717) is 34.2 Å². The first-order valence-electron chi connectivity index (χ1n) is 8.54. The van der Waals surface area contributed by atoms with Crippen molar-refractivity contribution in [1.29, 1.82) is 0 Å². The summed E-state index contributed by atoms with van der Waals surface area (Å²) in [6.07, 6.45) is 1.86. The zero-order valence-corrected chi connectivity index (χ0v) is 15.4. The quantitative estimate of drug-likeness (QED) is 0.411. The highest BCUT2D eigenvalue weighted by atomic mass is 35.5. The zero-order chi connectivity index (χ0) is 18.7. The number of benzene rings is 2. The largest absolute Gasteiger partial charge is 0.425 e. The van der Waals surface area contributed by atoms with Gasteiger partial charge in [0.25, 0.3) is 0 Å². The zero-order valence-electron chi connectivity index (χ0n) is 14.6. The van der Waals surface area contributed by atoms with Gasteiger partial charge in [-0.2, -0.15) is 4.89 Å². The van der Waals surface area contributed by atoms with E-state index in [1.807, 2.05) is 13.8 Å². The fourth-order valence-corrected chi connectivity index (χ4v) is 3.04. The molecule has 0 spiro atoms. The molecule has 1 heterocycles. The Morgan fingerprint density at radius 2 is 1.73 bits per heavy atom. The van der Waals surface area contributed by atoms with Crippen molar-refractivity contribution < 1.29 is 28.8 Å². The lowest BCUT2D eigenvalue weighted by molar-refractivity contribution is -0.195. The lowest BCUT2D eigenvalue weighted by atomic mass is 10.0. The van der Waals surface area contributed by atoms with E-state index in [1.54, 1.807) is 18.2 Å². The summed E-state index contributed by atoms with van der Waals surface area (Å²) < 4.78 is 11.1. The number of hydrogen-bond acceptors (Lipinski definition) is 6. The van der Waals surface area contributed by atoms with Gasteiger partial charge in [-0.1, -0.05) is 37.6 Å². The minimum absolute atomic E-state index is 0.0591. The molecule has 138 valence electrons. The van der Waals surface area contributed by atoms with Crippen LogP contribution in [0.4, 0.5) is 0 Å². The van der Waals surface area contributed by atoms with Gasteiger partial charge >= 0.3 is 11.9 Å². The van der Waals surface area contributed by atoms with Crippen LogP contribution in [-0.2, 0) is 21.1 Å². The van der Waals surface area contributed by atoms with E-state index in [-0.39, 0.29) is 48.6 Å². The Labute approximate surface area is 155 Å². The molecule has 0 fully saturated rings. The van der Waals surface area contributed by atoms with Gasteiger partial charge in [-0.3, -0.25) is 9.59 Å². The van der Waals surface area contributed by atoms with Crippen LogP contribution in [0.1, 0.15) is 45.1 Å². The average Bonchev–Trinajstić information content (AvgIpc) is 3.08. The highest BCUT2D eigenvalue weighted by Crippen LogP contribution is 2.50. The third-order valence-corrected chi connectivity index (χ3v) is 4.24. The number of fused-ring (bicyclic) bond motifs is 2. The smallest absolute Gasteiger partial charge is 0.311 e. The van der Waals surface area contributed by atoms with Gasteiger partial charge in [0.1, 0.15) is 12.4 Å². The molecule has 2 aromatic carbocycles. The fraction of sp³-hybridized carbons (Fsp3) is 0.368. The predicted molar refractivity (Wildman–Crippen MR) is 95.5 cm³/mol. The molecule has 0 radical (unpaired) electrons. The number of hydrogen-bond donors (Lipinski definition) is 0. The monoisotopic (exact) mass is 378 g/mol. The van der Waals surface area contributed by atoms with Gasteiger partial charge in [0.05, 0.1) is 10.6 Å². The number of ether oxygens (including phenoxy) is 2. The van der Waals surface area contributed by atoms with Crippen LogP contribution in [0.3, 0.4) is 0 Å².